The Morgan fingerprint density at radius 1 is 1.17 bits per heavy atom. The SMILES string of the molecule is COc1ccc(C2=C(C(=O)c3ccccc3)C(=O)OC2)cc1Br. The Bertz CT molecular complexity index is 809. The molecule has 0 spiro atoms. The Kier molecular flexibility index (Phi) is 4.30. The van der Waals surface area contributed by atoms with Crippen LogP contribution >= 0.6 is 15.9 Å². The van der Waals surface area contributed by atoms with Gasteiger partial charge in [0, 0.05) is 11.1 Å². The average molecular weight is 373 g/mol. The molecule has 0 amide bonds. The second kappa shape index (κ2) is 6.38. The molecule has 23 heavy (non-hydrogen) atoms. The van der Waals surface area contributed by atoms with Crippen molar-refractivity contribution < 1.29 is 19.1 Å². The molecule has 1 aliphatic heterocycles. The molecule has 0 aromatic heterocycles. The first-order chi connectivity index (χ1) is 11.1. The normalized spacial score (nSPS) is 13.9. The van der Waals surface area contributed by atoms with Crippen LogP contribution in [0, 0.1) is 0 Å². The fourth-order valence-corrected chi connectivity index (χ4v) is 2.99. The number of ether oxygens (including phenoxy) is 2. The molecule has 0 unspecified atom stereocenters. The average Bonchev–Trinajstić information content (AvgIpc) is 2.96. The number of esters is 1. The van der Waals surface area contributed by atoms with Crippen molar-refractivity contribution in [2.24, 2.45) is 0 Å². The third kappa shape index (κ3) is 2.92. The molecule has 1 heterocycles. The van der Waals surface area contributed by atoms with Crippen molar-refractivity contribution in [3.63, 3.8) is 0 Å². The zero-order valence-corrected chi connectivity index (χ0v) is 13.9. The molecule has 4 nitrogen and oxygen atoms in total. The molecule has 5 heteroatoms. The van der Waals surface area contributed by atoms with E-state index in [1.165, 1.54) is 0 Å². The van der Waals surface area contributed by atoms with Gasteiger partial charge in [-0.05, 0) is 33.6 Å². The summed E-state index contributed by atoms with van der Waals surface area (Å²) in [6, 6.07) is 14.1. The van der Waals surface area contributed by atoms with E-state index in [2.05, 4.69) is 15.9 Å². The van der Waals surface area contributed by atoms with Crippen LogP contribution < -0.4 is 4.74 Å². The van der Waals surface area contributed by atoms with Crippen molar-refractivity contribution in [3.8, 4) is 5.75 Å². The van der Waals surface area contributed by atoms with Crippen molar-refractivity contribution in [1.29, 1.82) is 0 Å². The molecule has 2 aromatic rings. The van der Waals surface area contributed by atoms with E-state index in [-0.39, 0.29) is 18.0 Å². The Hall–Kier alpha value is -2.40. The van der Waals surface area contributed by atoms with Gasteiger partial charge in [0.25, 0.3) is 0 Å². The summed E-state index contributed by atoms with van der Waals surface area (Å²) in [5, 5.41) is 0. The van der Waals surface area contributed by atoms with Crippen molar-refractivity contribution in [3.05, 3.63) is 69.7 Å². The number of hydrogen-bond donors (Lipinski definition) is 0. The number of halogens is 1. The Labute approximate surface area is 141 Å². The van der Waals surface area contributed by atoms with Gasteiger partial charge in [0.1, 0.15) is 17.9 Å². The summed E-state index contributed by atoms with van der Waals surface area (Å²) < 4.78 is 11.0. The highest BCUT2D eigenvalue weighted by Gasteiger charge is 2.32. The number of carbonyl (C=O) groups excluding carboxylic acids is 2. The van der Waals surface area contributed by atoms with Gasteiger partial charge < -0.3 is 9.47 Å². The van der Waals surface area contributed by atoms with Gasteiger partial charge in [0.05, 0.1) is 11.6 Å². The molecule has 0 N–H and O–H groups in total. The van der Waals surface area contributed by atoms with Crippen LogP contribution in [0.1, 0.15) is 15.9 Å². The zero-order valence-electron chi connectivity index (χ0n) is 12.3. The number of rotatable bonds is 4. The van der Waals surface area contributed by atoms with Gasteiger partial charge in [-0.3, -0.25) is 4.79 Å². The molecule has 1 aliphatic rings. The van der Waals surface area contributed by atoms with E-state index in [1.54, 1.807) is 43.5 Å². The van der Waals surface area contributed by atoms with Crippen LogP contribution in [0.3, 0.4) is 0 Å². The highest BCUT2D eigenvalue weighted by molar-refractivity contribution is 9.10. The Morgan fingerprint density at radius 3 is 2.57 bits per heavy atom. The maximum absolute atomic E-state index is 12.7. The molecule has 0 saturated heterocycles. The van der Waals surface area contributed by atoms with Gasteiger partial charge in [-0.2, -0.15) is 0 Å². The first-order valence-electron chi connectivity index (χ1n) is 6.95. The topological polar surface area (TPSA) is 52.6 Å². The number of methoxy groups -OCH3 is 1. The molecular formula is C18H13BrO4. The van der Waals surface area contributed by atoms with Crippen LogP contribution in [0.4, 0.5) is 0 Å². The lowest BCUT2D eigenvalue weighted by atomic mass is 9.96. The molecule has 0 aliphatic carbocycles. The van der Waals surface area contributed by atoms with E-state index in [4.69, 9.17) is 9.47 Å². The van der Waals surface area contributed by atoms with E-state index in [9.17, 15) is 9.59 Å². The minimum Gasteiger partial charge on any atom is -0.496 e. The summed E-state index contributed by atoms with van der Waals surface area (Å²) in [7, 11) is 1.57. The van der Waals surface area contributed by atoms with Crippen LogP contribution in [-0.2, 0) is 9.53 Å². The van der Waals surface area contributed by atoms with Crippen LogP contribution in [0.2, 0.25) is 0 Å². The lowest BCUT2D eigenvalue weighted by Gasteiger charge is -2.07. The quantitative estimate of drug-likeness (QED) is 0.467. The second-order valence-corrected chi connectivity index (χ2v) is 5.83. The van der Waals surface area contributed by atoms with Gasteiger partial charge in [-0.25, -0.2) is 4.79 Å². The Balaban J connectivity index is 2.08. The summed E-state index contributed by atoms with van der Waals surface area (Å²) in [6.45, 7) is 0.0888. The lowest BCUT2D eigenvalue weighted by molar-refractivity contribution is -0.135. The van der Waals surface area contributed by atoms with Crippen LogP contribution in [-0.4, -0.2) is 25.5 Å². The zero-order chi connectivity index (χ0) is 16.4. The molecule has 0 atom stereocenters. The van der Waals surface area contributed by atoms with Crippen molar-refractivity contribution in [1.82, 2.24) is 0 Å². The molecule has 0 saturated carbocycles. The number of carbonyl (C=O) groups is 2. The smallest absolute Gasteiger partial charge is 0.342 e. The Morgan fingerprint density at radius 2 is 1.91 bits per heavy atom. The van der Waals surface area contributed by atoms with Crippen LogP contribution in [0.15, 0.2) is 58.6 Å². The van der Waals surface area contributed by atoms with Gasteiger partial charge in [-0.15, -0.1) is 0 Å². The van der Waals surface area contributed by atoms with Gasteiger partial charge >= 0.3 is 5.97 Å². The van der Waals surface area contributed by atoms with Crippen molar-refractivity contribution in [2.75, 3.05) is 13.7 Å². The minimum atomic E-state index is -0.583. The van der Waals surface area contributed by atoms with Crippen molar-refractivity contribution in [2.45, 2.75) is 0 Å². The maximum Gasteiger partial charge on any atom is 0.342 e. The molecule has 0 fully saturated rings. The van der Waals surface area contributed by atoms with Gasteiger partial charge in [0.2, 0.25) is 5.78 Å². The summed E-state index contributed by atoms with van der Waals surface area (Å²) in [6.07, 6.45) is 0. The molecular weight excluding hydrogens is 360 g/mol. The van der Waals surface area contributed by atoms with Crippen molar-refractivity contribution >= 4 is 33.3 Å². The fourth-order valence-electron chi connectivity index (χ4n) is 2.45. The standard InChI is InChI=1S/C18H13BrO4/c1-22-15-8-7-12(9-14(15)19)13-10-23-18(21)16(13)17(20)11-5-3-2-4-6-11/h2-9H,10H2,1H3. The summed E-state index contributed by atoms with van der Waals surface area (Å²) in [5.74, 6) is -0.230. The fraction of sp³-hybridized carbons (Fsp3) is 0.111. The van der Waals surface area contributed by atoms with E-state index < -0.39 is 5.97 Å². The number of hydrogen-bond acceptors (Lipinski definition) is 4. The molecule has 2 aromatic carbocycles. The van der Waals surface area contributed by atoms with Crippen LogP contribution in [0.25, 0.3) is 5.57 Å². The third-order valence-corrected chi connectivity index (χ3v) is 4.24. The van der Waals surface area contributed by atoms with Gasteiger partial charge in [0.15, 0.2) is 0 Å². The largest absolute Gasteiger partial charge is 0.496 e. The number of ketones is 1. The molecule has 0 bridgehead atoms. The van der Waals surface area contributed by atoms with E-state index in [0.29, 0.717) is 16.9 Å². The maximum atomic E-state index is 12.7. The highest BCUT2D eigenvalue weighted by Crippen LogP contribution is 2.33. The molecule has 3 rings (SSSR count). The predicted octanol–water partition coefficient (Wildman–Crippen LogP) is 3.65. The molecule has 0 radical (unpaired) electrons. The van der Waals surface area contributed by atoms with Crippen LogP contribution in [0.5, 0.6) is 5.75 Å². The summed E-state index contributed by atoms with van der Waals surface area (Å²) in [5.41, 5.74) is 1.90. The first kappa shape index (κ1) is 15.5. The third-order valence-electron chi connectivity index (χ3n) is 3.62. The van der Waals surface area contributed by atoms with Gasteiger partial charge in [-0.1, -0.05) is 36.4 Å². The lowest BCUT2D eigenvalue weighted by Crippen LogP contribution is -2.11. The number of benzene rings is 2. The highest BCUT2D eigenvalue weighted by atomic mass is 79.9. The predicted molar refractivity (Wildman–Crippen MR) is 89.3 cm³/mol. The minimum absolute atomic E-state index is 0.0888. The van der Waals surface area contributed by atoms with E-state index >= 15 is 0 Å². The van der Waals surface area contributed by atoms with E-state index in [0.717, 1.165) is 10.0 Å². The van der Waals surface area contributed by atoms with E-state index in [1.807, 2.05) is 12.1 Å². The number of cyclic esters (lactones) is 1. The summed E-state index contributed by atoms with van der Waals surface area (Å²) in [4.78, 5) is 24.7. The monoisotopic (exact) mass is 372 g/mol. The summed E-state index contributed by atoms with van der Waals surface area (Å²) >= 11 is 3.41. The molecule has 116 valence electrons. The number of Topliss-reactive ketones (excluding diaryl/α,β-unsaturated/α-hetero) is 1. The first-order valence-corrected chi connectivity index (χ1v) is 7.75. The second-order valence-electron chi connectivity index (χ2n) is 4.97.